The van der Waals surface area contributed by atoms with Gasteiger partial charge in [-0.05, 0) is 0 Å². The third-order valence-electron chi connectivity index (χ3n) is 1.53. The smallest absolute Gasteiger partial charge is 0.327 e. The second-order valence-corrected chi connectivity index (χ2v) is 2.79. The van der Waals surface area contributed by atoms with Crippen LogP contribution in [0.3, 0.4) is 0 Å². The van der Waals surface area contributed by atoms with Gasteiger partial charge in [0.15, 0.2) is 0 Å². The van der Waals surface area contributed by atoms with Crippen LogP contribution in [0.25, 0.3) is 0 Å². The van der Waals surface area contributed by atoms with E-state index >= 15 is 0 Å². The molecule has 0 aromatic heterocycles. The molecule has 0 aromatic carbocycles. The van der Waals surface area contributed by atoms with Crippen molar-refractivity contribution in [2.45, 2.75) is 18.4 Å². The van der Waals surface area contributed by atoms with Crippen LogP contribution in [0.1, 0.15) is 12.8 Å². The van der Waals surface area contributed by atoms with E-state index in [1.165, 1.54) is 0 Å². The van der Waals surface area contributed by atoms with Gasteiger partial charge in [-0.3, -0.25) is 14.4 Å². The first-order valence-electron chi connectivity index (χ1n) is 3.62. The number of rotatable bonds is 5. The lowest BCUT2D eigenvalue weighted by Gasteiger charge is -2.22. The molecule has 7 nitrogen and oxygen atoms in total. The quantitative estimate of drug-likeness (QED) is 0.481. The largest absolute Gasteiger partial charge is 0.481 e. The molecule has 80 valence electrons. The zero-order valence-corrected chi connectivity index (χ0v) is 7.52. The van der Waals surface area contributed by atoms with Crippen LogP contribution < -0.4 is 5.73 Å². The van der Waals surface area contributed by atoms with Gasteiger partial charge in [0.25, 0.3) is 0 Å². The lowest BCUT2D eigenvalue weighted by molar-refractivity contribution is -0.156. The Hall–Kier alpha value is -1.63. The standard InChI is InChI=1S/C7H11NO6/c1-14-6(13)7(8,2-4(9)10)3-5(11)12/h2-3,8H2,1H3,(H,9,10)(H,11,12). The van der Waals surface area contributed by atoms with Crippen LogP contribution in [0.2, 0.25) is 0 Å². The highest BCUT2D eigenvalue weighted by Gasteiger charge is 2.40. The van der Waals surface area contributed by atoms with Gasteiger partial charge in [0.1, 0.15) is 5.54 Å². The predicted molar refractivity (Wildman–Crippen MR) is 43.4 cm³/mol. The normalized spacial score (nSPS) is 10.7. The molecular weight excluding hydrogens is 194 g/mol. The fourth-order valence-electron chi connectivity index (χ4n) is 0.950. The van der Waals surface area contributed by atoms with E-state index in [1.54, 1.807) is 0 Å². The first-order chi connectivity index (χ1) is 6.31. The molecule has 7 heteroatoms. The molecule has 0 aliphatic heterocycles. The van der Waals surface area contributed by atoms with Crippen molar-refractivity contribution in [3.63, 3.8) is 0 Å². The summed E-state index contributed by atoms with van der Waals surface area (Å²) in [7, 11) is 1.01. The number of carboxylic acids is 2. The summed E-state index contributed by atoms with van der Waals surface area (Å²) in [5.41, 5.74) is 3.31. The van der Waals surface area contributed by atoms with Crippen LogP contribution in [-0.4, -0.2) is 40.8 Å². The second kappa shape index (κ2) is 4.56. The molecule has 0 aliphatic carbocycles. The van der Waals surface area contributed by atoms with Gasteiger partial charge in [-0.15, -0.1) is 0 Å². The molecule has 0 fully saturated rings. The van der Waals surface area contributed by atoms with E-state index in [1.807, 2.05) is 0 Å². The molecule has 0 rings (SSSR count). The van der Waals surface area contributed by atoms with Crippen LogP contribution in [0.4, 0.5) is 0 Å². The highest BCUT2D eigenvalue weighted by Crippen LogP contribution is 2.14. The van der Waals surface area contributed by atoms with Crippen LogP contribution in [-0.2, 0) is 19.1 Å². The molecular formula is C7H11NO6. The number of esters is 1. The van der Waals surface area contributed by atoms with Crippen molar-refractivity contribution in [2.24, 2.45) is 5.73 Å². The average molecular weight is 205 g/mol. The van der Waals surface area contributed by atoms with Crippen molar-refractivity contribution in [3.05, 3.63) is 0 Å². The number of hydrogen-bond donors (Lipinski definition) is 3. The first-order valence-corrected chi connectivity index (χ1v) is 3.62. The molecule has 0 aliphatic rings. The minimum Gasteiger partial charge on any atom is -0.481 e. The van der Waals surface area contributed by atoms with Crippen molar-refractivity contribution in [2.75, 3.05) is 7.11 Å². The number of aliphatic carboxylic acids is 2. The Labute approximate surface area is 79.5 Å². The summed E-state index contributed by atoms with van der Waals surface area (Å²) in [4.78, 5) is 31.7. The van der Waals surface area contributed by atoms with Crippen molar-refractivity contribution < 1.29 is 29.3 Å². The van der Waals surface area contributed by atoms with Gasteiger partial charge >= 0.3 is 17.9 Å². The summed E-state index contributed by atoms with van der Waals surface area (Å²) in [5, 5.41) is 16.9. The molecule has 0 heterocycles. The van der Waals surface area contributed by atoms with E-state index in [0.717, 1.165) is 7.11 Å². The van der Waals surface area contributed by atoms with Gasteiger partial charge in [-0.1, -0.05) is 0 Å². The second-order valence-electron chi connectivity index (χ2n) is 2.79. The average Bonchev–Trinajstić information content (AvgIpc) is 1.99. The Balaban J connectivity index is 4.74. The summed E-state index contributed by atoms with van der Waals surface area (Å²) in [6, 6.07) is 0. The van der Waals surface area contributed by atoms with E-state index in [0.29, 0.717) is 0 Å². The maximum absolute atomic E-state index is 11.0. The Kier molecular flexibility index (Phi) is 4.03. The topological polar surface area (TPSA) is 127 Å². The molecule has 0 radical (unpaired) electrons. The SMILES string of the molecule is COC(=O)C(N)(CC(=O)O)CC(=O)O. The van der Waals surface area contributed by atoms with Crippen LogP contribution in [0.15, 0.2) is 0 Å². The third kappa shape index (κ3) is 3.40. The van der Waals surface area contributed by atoms with Crippen molar-refractivity contribution in [1.29, 1.82) is 0 Å². The van der Waals surface area contributed by atoms with Crippen LogP contribution in [0, 0.1) is 0 Å². The third-order valence-corrected chi connectivity index (χ3v) is 1.53. The number of hydrogen-bond acceptors (Lipinski definition) is 5. The lowest BCUT2D eigenvalue weighted by atomic mass is 9.92. The van der Waals surface area contributed by atoms with E-state index < -0.39 is 36.3 Å². The number of ether oxygens (including phenoxy) is 1. The monoisotopic (exact) mass is 205 g/mol. The zero-order chi connectivity index (χ0) is 11.4. The molecule has 0 bridgehead atoms. The molecule has 0 saturated carbocycles. The van der Waals surface area contributed by atoms with Crippen molar-refractivity contribution in [3.8, 4) is 0 Å². The Morgan fingerprint density at radius 2 is 1.57 bits per heavy atom. The number of nitrogens with two attached hydrogens (primary N) is 1. The number of carbonyl (C=O) groups is 3. The molecule has 0 amide bonds. The minimum atomic E-state index is -2.01. The minimum absolute atomic E-state index is 0.786. The maximum atomic E-state index is 11.0. The molecule has 0 unspecified atom stereocenters. The Bertz CT molecular complexity index is 245. The van der Waals surface area contributed by atoms with Gasteiger partial charge < -0.3 is 20.7 Å². The number of methoxy groups -OCH3 is 1. The Morgan fingerprint density at radius 3 is 1.79 bits per heavy atom. The van der Waals surface area contributed by atoms with Crippen molar-refractivity contribution in [1.82, 2.24) is 0 Å². The Morgan fingerprint density at radius 1 is 1.21 bits per heavy atom. The molecule has 0 atom stereocenters. The molecule has 0 aromatic rings. The van der Waals surface area contributed by atoms with Crippen LogP contribution in [0.5, 0.6) is 0 Å². The van der Waals surface area contributed by atoms with Gasteiger partial charge in [-0.25, -0.2) is 0 Å². The predicted octanol–water partition coefficient (Wildman–Crippen LogP) is -1.19. The zero-order valence-electron chi connectivity index (χ0n) is 7.52. The van der Waals surface area contributed by atoms with E-state index in [-0.39, 0.29) is 0 Å². The molecule has 4 N–H and O–H groups in total. The van der Waals surface area contributed by atoms with E-state index in [9.17, 15) is 14.4 Å². The van der Waals surface area contributed by atoms with E-state index in [4.69, 9.17) is 15.9 Å². The maximum Gasteiger partial charge on any atom is 0.327 e. The van der Waals surface area contributed by atoms with Gasteiger partial charge in [0, 0.05) is 0 Å². The van der Waals surface area contributed by atoms with Gasteiger partial charge in [0.05, 0.1) is 20.0 Å². The van der Waals surface area contributed by atoms with Crippen molar-refractivity contribution >= 4 is 17.9 Å². The summed E-state index contributed by atoms with van der Waals surface area (Å²) in [6.45, 7) is 0. The van der Waals surface area contributed by atoms with Gasteiger partial charge in [0.2, 0.25) is 0 Å². The summed E-state index contributed by atoms with van der Waals surface area (Å²) in [5.74, 6) is -3.78. The molecule has 0 saturated heterocycles. The lowest BCUT2D eigenvalue weighted by Crippen LogP contribution is -2.51. The molecule has 14 heavy (non-hydrogen) atoms. The fraction of sp³-hybridized carbons (Fsp3) is 0.571. The fourth-order valence-corrected chi connectivity index (χ4v) is 0.950. The molecule has 0 spiro atoms. The highest BCUT2D eigenvalue weighted by atomic mass is 16.5. The summed E-state index contributed by atoms with van der Waals surface area (Å²) >= 11 is 0. The number of carboxylic acid groups (broad SMARTS) is 2. The van der Waals surface area contributed by atoms with Gasteiger partial charge in [-0.2, -0.15) is 0 Å². The summed E-state index contributed by atoms with van der Waals surface area (Å²) in [6.07, 6.45) is -1.57. The first kappa shape index (κ1) is 12.4. The van der Waals surface area contributed by atoms with Crippen LogP contribution >= 0.6 is 0 Å². The number of carbonyl (C=O) groups excluding carboxylic acids is 1. The van der Waals surface area contributed by atoms with E-state index in [2.05, 4.69) is 4.74 Å². The summed E-state index contributed by atoms with van der Waals surface area (Å²) < 4.78 is 4.23. The highest BCUT2D eigenvalue weighted by molar-refractivity contribution is 5.90.